The van der Waals surface area contributed by atoms with E-state index < -0.39 is 42.6 Å². The molecular formula is C11H10F3N5O5. The number of alkyl halides is 3. The van der Waals surface area contributed by atoms with Crippen LogP contribution in [0, 0.1) is 0 Å². The normalized spacial score (nSPS) is 17.5. The summed E-state index contributed by atoms with van der Waals surface area (Å²) in [4.78, 5) is 23.0. The quantitative estimate of drug-likeness (QED) is 0.814. The molecule has 2 aromatic rings. The Labute approximate surface area is 130 Å². The molecule has 0 amide bonds. The third-order valence-corrected chi connectivity index (χ3v) is 3.31. The molecule has 0 saturated heterocycles. The monoisotopic (exact) mass is 349 g/mol. The molecule has 0 bridgehead atoms. The topological polar surface area (TPSA) is 125 Å². The van der Waals surface area contributed by atoms with E-state index in [4.69, 9.17) is 5.11 Å². The minimum Gasteiger partial charge on any atom is -0.450 e. The van der Waals surface area contributed by atoms with Crippen LogP contribution in [-0.4, -0.2) is 35.8 Å². The van der Waals surface area contributed by atoms with Crippen LogP contribution in [0.1, 0.15) is 36.7 Å². The molecule has 24 heavy (non-hydrogen) atoms. The molecule has 0 saturated carbocycles. The van der Waals surface area contributed by atoms with Crippen LogP contribution < -0.4 is 5.69 Å². The number of aryl methyl sites for hydroxylation is 1. The van der Waals surface area contributed by atoms with Gasteiger partial charge in [-0.1, -0.05) is 0 Å². The Bertz CT molecular complexity index is 823. The van der Waals surface area contributed by atoms with E-state index in [1.54, 1.807) is 0 Å². The van der Waals surface area contributed by atoms with E-state index >= 15 is 0 Å². The second-order valence-electron chi connectivity index (χ2n) is 4.96. The fourth-order valence-corrected chi connectivity index (χ4v) is 2.38. The fourth-order valence-electron chi connectivity index (χ4n) is 2.38. The smallest absolute Gasteiger partial charge is 0.450 e. The molecule has 10 nitrogen and oxygen atoms in total. The lowest BCUT2D eigenvalue weighted by Gasteiger charge is -2.21. The molecule has 1 aliphatic rings. The number of halogens is 3. The Balaban J connectivity index is 1.88. The zero-order valence-electron chi connectivity index (χ0n) is 11.9. The van der Waals surface area contributed by atoms with Crippen LogP contribution in [-0.2, 0) is 23.9 Å². The van der Waals surface area contributed by atoms with Crippen molar-refractivity contribution < 1.29 is 32.2 Å². The van der Waals surface area contributed by atoms with Gasteiger partial charge in [-0.2, -0.15) is 18.3 Å². The Morgan fingerprint density at radius 3 is 2.79 bits per heavy atom. The van der Waals surface area contributed by atoms with E-state index in [0.717, 1.165) is 9.25 Å². The largest absolute Gasteiger partial charge is 0.507 e. The lowest BCUT2D eigenvalue weighted by Crippen LogP contribution is -2.33. The van der Waals surface area contributed by atoms with E-state index in [9.17, 15) is 22.8 Å². The molecule has 0 fully saturated rings. The van der Waals surface area contributed by atoms with Crippen molar-refractivity contribution in [3.8, 4) is 0 Å². The maximum atomic E-state index is 12.4. The van der Waals surface area contributed by atoms with Crippen LogP contribution in [0.3, 0.4) is 0 Å². The maximum Gasteiger partial charge on any atom is 0.507 e. The summed E-state index contributed by atoms with van der Waals surface area (Å²) in [6.07, 6.45) is -6.11. The second kappa shape index (κ2) is 5.65. The van der Waals surface area contributed by atoms with E-state index in [1.165, 1.54) is 0 Å². The number of carbonyl (C=O) groups is 1. The molecule has 2 aromatic heterocycles. The van der Waals surface area contributed by atoms with Gasteiger partial charge in [0.1, 0.15) is 12.4 Å². The molecular weight excluding hydrogens is 339 g/mol. The van der Waals surface area contributed by atoms with Gasteiger partial charge in [-0.25, -0.2) is 18.8 Å². The summed E-state index contributed by atoms with van der Waals surface area (Å²) in [5.74, 6) is -1.70. The molecule has 13 heteroatoms. The lowest BCUT2D eigenvalue weighted by atomic mass is 10.1. The summed E-state index contributed by atoms with van der Waals surface area (Å²) in [6, 6.07) is 0. The van der Waals surface area contributed by atoms with Gasteiger partial charge in [-0.05, 0) is 6.42 Å². The first-order chi connectivity index (χ1) is 11.3. The lowest BCUT2D eigenvalue weighted by molar-refractivity contribution is -0.157. The second-order valence-corrected chi connectivity index (χ2v) is 4.96. The van der Waals surface area contributed by atoms with Crippen molar-refractivity contribution in [3.05, 3.63) is 28.1 Å². The molecule has 1 atom stereocenters. The summed E-state index contributed by atoms with van der Waals surface area (Å²) >= 11 is 0. The van der Waals surface area contributed by atoms with Crippen molar-refractivity contribution in [2.45, 2.75) is 38.2 Å². The molecule has 130 valence electrons. The molecule has 0 radical (unpaired) electrons. The first-order valence-electron chi connectivity index (χ1n) is 6.73. The molecule has 0 unspecified atom stereocenters. The van der Waals surface area contributed by atoms with E-state index in [2.05, 4.69) is 24.5 Å². The van der Waals surface area contributed by atoms with Gasteiger partial charge in [0.25, 0.3) is 0 Å². The fraction of sp³-hybridized carbons (Fsp3) is 0.545. The highest BCUT2D eigenvalue weighted by molar-refractivity contribution is 5.56. The molecule has 1 aliphatic heterocycles. The number of carboxylic acid groups (broad SMARTS) is 1. The number of rotatable bonds is 3. The number of ether oxygens (including phenoxy) is 1. The van der Waals surface area contributed by atoms with Crippen molar-refractivity contribution in [3.63, 3.8) is 0 Å². The first-order valence-corrected chi connectivity index (χ1v) is 6.73. The van der Waals surface area contributed by atoms with E-state index in [0.29, 0.717) is 19.3 Å². The maximum absolute atomic E-state index is 12.4. The van der Waals surface area contributed by atoms with Crippen LogP contribution in [0.25, 0.3) is 0 Å². The summed E-state index contributed by atoms with van der Waals surface area (Å²) in [6.45, 7) is -0.471. The van der Waals surface area contributed by atoms with Crippen LogP contribution in [0.2, 0.25) is 0 Å². The van der Waals surface area contributed by atoms with Gasteiger partial charge < -0.3 is 14.3 Å². The van der Waals surface area contributed by atoms with E-state index in [-0.39, 0.29) is 5.82 Å². The zero-order valence-corrected chi connectivity index (χ0v) is 11.9. The molecule has 0 spiro atoms. The highest BCUT2D eigenvalue weighted by Crippen LogP contribution is 2.28. The number of hydrogen-bond acceptors (Lipinski definition) is 7. The van der Waals surface area contributed by atoms with Crippen molar-refractivity contribution in [1.29, 1.82) is 0 Å². The third kappa shape index (κ3) is 2.96. The predicted molar refractivity (Wildman–Crippen MR) is 66.0 cm³/mol. The predicted octanol–water partition coefficient (Wildman–Crippen LogP) is 1.02. The zero-order chi connectivity index (χ0) is 17.5. The van der Waals surface area contributed by atoms with Gasteiger partial charge in [0, 0.05) is 12.8 Å². The number of hydrogen-bond donors (Lipinski definition) is 1. The van der Waals surface area contributed by atoms with Gasteiger partial charge >= 0.3 is 23.9 Å². The number of aromatic nitrogens is 5. The summed E-state index contributed by atoms with van der Waals surface area (Å²) in [7, 11) is 0. The molecule has 1 N–H and O–H groups in total. The van der Waals surface area contributed by atoms with Crippen LogP contribution in [0.4, 0.5) is 18.0 Å². The first kappa shape index (κ1) is 16.0. The molecule has 3 rings (SSSR count). The van der Waals surface area contributed by atoms with Crippen molar-refractivity contribution in [2.75, 3.05) is 0 Å². The van der Waals surface area contributed by atoms with Crippen molar-refractivity contribution in [2.24, 2.45) is 0 Å². The van der Waals surface area contributed by atoms with Crippen molar-refractivity contribution in [1.82, 2.24) is 24.5 Å². The van der Waals surface area contributed by atoms with Gasteiger partial charge in [0.2, 0.25) is 5.89 Å². The number of nitrogens with zero attached hydrogens (tertiary/aromatic N) is 5. The summed E-state index contributed by atoms with van der Waals surface area (Å²) in [5, 5.41) is 18.7. The van der Waals surface area contributed by atoms with Gasteiger partial charge in [0.15, 0.2) is 6.23 Å². The summed E-state index contributed by atoms with van der Waals surface area (Å²) in [5.41, 5.74) is -0.734. The van der Waals surface area contributed by atoms with Crippen LogP contribution in [0.5, 0.6) is 0 Å². The van der Waals surface area contributed by atoms with Crippen molar-refractivity contribution >= 4 is 6.16 Å². The Kier molecular flexibility index (Phi) is 3.77. The SMILES string of the molecule is O=C(O)O[C@H]1CCCc2nn(Cc3nnc(C(F)(F)F)o3)c(=O)n21. The number of fused-ring (bicyclic) bond motifs is 1. The Hall–Kier alpha value is -2.86. The third-order valence-electron chi connectivity index (χ3n) is 3.31. The molecule has 3 heterocycles. The van der Waals surface area contributed by atoms with E-state index in [1.807, 2.05) is 0 Å². The van der Waals surface area contributed by atoms with Gasteiger partial charge in [-0.15, -0.1) is 10.2 Å². The minimum absolute atomic E-state index is 0.271. The van der Waals surface area contributed by atoms with Crippen LogP contribution >= 0.6 is 0 Å². The summed E-state index contributed by atoms with van der Waals surface area (Å²) < 4.78 is 48.2. The average Bonchev–Trinajstić information content (AvgIpc) is 3.05. The highest BCUT2D eigenvalue weighted by atomic mass is 19.4. The molecule has 0 aliphatic carbocycles. The average molecular weight is 349 g/mol. The van der Waals surface area contributed by atoms with Crippen LogP contribution in [0.15, 0.2) is 9.21 Å². The Morgan fingerprint density at radius 2 is 2.17 bits per heavy atom. The van der Waals surface area contributed by atoms with Gasteiger partial charge in [0.05, 0.1) is 0 Å². The Morgan fingerprint density at radius 1 is 1.42 bits per heavy atom. The standard InChI is InChI=1S/C11H10F3N5O5/c12-11(13,14)8-16-15-6(23-8)4-18-9(20)19-5(17-18)2-1-3-7(19)24-10(21)22/h7H,1-4H2,(H,21,22)/t7-/m0/s1. The highest BCUT2D eigenvalue weighted by Gasteiger charge is 2.38. The minimum atomic E-state index is -4.79. The molecule has 0 aromatic carbocycles. The van der Waals surface area contributed by atoms with Gasteiger partial charge in [-0.3, -0.25) is 0 Å².